The highest BCUT2D eigenvalue weighted by atomic mass is 16.5. The van der Waals surface area contributed by atoms with Gasteiger partial charge in [-0.05, 0) is 43.4 Å². The predicted molar refractivity (Wildman–Crippen MR) is 99.0 cm³/mol. The van der Waals surface area contributed by atoms with Crippen LogP contribution in [0.15, 0.2) is 12.1 Å². The standard InChI is InChI=1S/C20H30N2O3/c1-14(2)11-18(23)21-7-6-8-22(10-9-21)20(24)17-13-15(3)12-16(4)19(17)25-5/h12-14H,6-11H2,1-5H3. The number of methoxy groups -OCH3 is 1. The molecule has 25 heavy (non-hydrogen) atoms. The molecule has 0 spiro atoms. The Morgan fingerprint density at radius 2 is 1.72 bits per heavy atom. The maximum atomic E-state index is 13.0. The van der Waals surface area contributed by atoms with Gasteiger partial charge in [0.05, 0.1) is 12.7 Å². The van der Waals surface area contributed by atoms with Crippen LogP contribution in [0, 0.1) is 19.8 Å². The van der Waals surface area contributed by atoms with Crippen LogP contribution >= 0.6 is 0 Å². The summed E-state index contributed by atoms with van der Waals surface area (Å²) in [5.74, 6) is 1.18. The minimum atomic E-state index is -0.0122. The molecule has 1 heterocycles. The predicted octanol–water partition coefficient (Wildman–Crippen LogP) is 3.03. The molecular weight excluding hydrogens is 316 g/mol. The summed E-state index contributed by atoms with van der Waals surface area (Å²) >= 11 is 0. The number of carbonyl (C=O) groups excluding carboxylic acids is 2. The van der Waals surface area contributed by atoms with Crippen LogP contribution in [0.1, 0.15) is 48.2 Å². The van der Waals surface area contributed by atoms with Gasteiger partial charge in [-0.2, -0.15) is 0 Å². The number of nitrogens with zero attached hydrogens (tertiary/aromatic N) is 2. The van der Waals surface area contributed by atoms with Crippen LogP contribution in [0.3, 0.4) is 0 Å². The molecule has 2 rings (SSSR count). The summed E-state index contributed by atoms with van der Waals surface area (Å²) in [6.07, 6.45) is 1.38. The SMILES string of the molecule is COc1c(C)cc(C)cc1C(=O)N1CCCN(C(=O)CC(C)C)CC1. The number of amides is 2. The first kappa shape index (κ1) is 19.3. The van der Waals surface area contributed by atoms with Crippen LogP contribution in [0.2, 0.25) is 0 Å². The molecule has 0 aliphatic carbocycles. The van der Waals surface area contributed by atoms with E-state index in [-0.39, 0.29) is 11.8 Å². The number of rotatable bonds is 4. The van der Waals surface area contributed by atoms with Crippen LogP contribution in [0.25, 0.3) is 0 Å². The van der Waals surface area contributed by atoms with Crippen molar-refractivity contribution >= 4 is 11.8 Å². The maximum Gasteiger partial charge on any atom is 0.257 e. The van der Waals surface area contributed by atoms with E-state index in [9.17, 15) is 9.59 Å². The fourth-order valence-electron chi connectivity index (χ4n) is 3.40. The van der Waals surface area contributed by atoms with Crippen molar-refractivity contribution in [3.8, 4) is 5.75 Å². The van der Waals surface area contributed by atoms with Gasteiger partial charge in [0.25, 0.3) is 5.91 Å². The third-order valence-electron chi connectivity index (χ3n) is 4.57. The van der Waals surface area contributed by atoms with Crippen LogP contribution in [-0.4, -0.2) is 54.9 Å². The van der Waals surface area contributed by atoms with E-state index in [1.165, 1.54) is 0 Å². The molecule has 0 unspecified atom stereocenters. The zero-order chi connectivity index (χ0) is 18.6. The van der Waals surface area contributed by atoms with E-state index < -0.39 is 0 Å². The van der Waals surface area contributed by atoms with Crippen LogP contribution in [-0.2, 0) is 4.79 Å². The first-order chi connectivity index (χ1) is 11.8. The third-order valence-corrected chi connectivity index (χ3v) is 4.57. The second kappa shape index (κ2) is 8.37. The van der Waals surface area contributed by atoms with E-state index in [0.29, 0.717) is 43.3 Å². The molecule has 5 nitrogen and oxygen atoms in total. The van der Waals surface area contributed by atoms with E-state index in [2.05, 4.69) is 13.8 Å². The Bertz CT molecular complexity index is 640. The fourth-order valence-corrected chi connectivity index (χ4v) is 3.40. The average molecular weight is 346 g/mol. The normalized spacial score (nSPS) is 15.3. The summed E-state index contributed by atoms with van der Waals surface area (Å²) in [7, 11) is 1.60. The van der Waals surface area contributed by atoms with E-state index in [4.69, 9.17) is 4.74 Å². The molecule has 1 fully saturated rings. The Kier molecular flexibility index (Phi) is 6.45. The third kappa shape index (κ3) is 4.74. The molecule has 1 saturated heterocycles. The Labute approximate surface area is 150 Å². The second-order valence-corrected chi connectivity index (χ2v) is 7.29. The molecule has 1 aliphatic heterocycles. The number of carbonyl (C=O) groups is 2. The van der Waals surface area contributed by atoms with Crippen molar-refractivity contribution in [2.45, 2.75) is 40.5 Å². The van der Waals surface area contributed by atoms with Gasteiger partial charge in [-0.3, -0.25) is 9.59 Å². The molecular formula is C20H30N2O3. The summed E-state index contributed by atoms with van der Waals surface area (Å²) in [5, 5.41) is 0. The Morgan fingerprint density at radius 3 is 2.36 bits per heavy atom. The molecule has 0 radical (unpaired) electrons. The van der Waals surface area contributed by atoms with Crippen molar-refractivity contribution in [2.75, 3.05) is 33.3 Å². The lowest BCUT2D eigenvalue weighted by atomic mass is 10.0. The Hall–Kier alpha value is -2.04. The van der Waals surface area contributed by atoms with Gasteiger partial charge < -0.3 is 14.5 Å². The average Bonchev–Trinajstić information content (AvgIpc) is 2.79. The monoisotopic (exact) mass is 346 g/mol. The molecule has 0 atom stereocenters. The topological polar surface area (TPSA) is 49.9 Å². The molecule has 138 valence electrons. The Balaban J connectivity index is 2.13. The maximum absolute atomic E-state index is 13.0. The van der Waals surface area contributed by atoms with Crippen molar-refractivity contribution in [2.24, 2.45) is 5.92 Å². The lowest BCUT2D eigenvalue weighted by Gasteiger charge is -2.24. The highest BCUT2D eigenvalue weighted by Crippen LogP contribution is 2.26. The number of hydrogen-bond donors (Lipinski definition) is 0. The molecule has 0 bridgehead atoms. The minimum absolute atomic E-state index is 0.0122. The highest BCUT2D eigenvalue weighted by molar-refractivity contribution is 5.97. The fraction of sp³-hybridized carbons (Fsp3) is 0.600. The molecule has 5 heteroatoms. The van der Waals surface area contributed by atoms with Crippen LogP contribution < -0.4 is 4.74 Å². The van der Waals surface area contributed by atoms with Crippen molar-refractivity contribution in [3.63, 3.8) is 0 Å². The van der Waals surface area contributed by atoms with Crippen LogP contribution in [0.4, 0.5) is 0 Å². The van der Waals surface area contributed by atoms with Crippen LogP contribution in [0.5, 0.6) is 5.75 Å². The molecule has 1 aromatic rings. The van der Waals surface area contributed by atoms with E-state index in [1.54, 1.807) is 7.11 Å². The highest BCUT2D eigenvalue weighted by Gasteiger charge is 2.25. The van der Waals surface area contributed by atoms with Gasteiger partial charge in [0.15, 0.2) is 0 Å². The number of hydrogen-bond acceptors (Lipinski definition) is 3. The van der Waals surface area contributed by atoms with Gasteiger partial charge in [-0.1, -0.05) is 19.9 Å². The van der Waals surface area contributed by atoms with Gasteiger partial charge in [0, 0.05) is 32.6 Å². The first-order valence-corrected chi connectivity index (χ1v) is 9.05. The summed E-state index contributed by atoms with van der Waals surface area (Å²) in [6, 6.07) is 3.91. The largest absolute Gasteiger partial charge is 0.496 e. The molecule has 1 aromatic carbocycles. The smallest absolute Gasteiger partial charge is 0.257 e. The van der Waals surface area contributed by atoms with Gasteiger partial charge in [0.2, 0.25) is 5.91 Å². The summed E-state index contributed by atoms with van der Waals surface area (Å²) < 4.78 is 5.47. The van der Waals surface area contributed by atoms with Gasteiger partial charge >= 0.3 is 0 Å². The van der Waals surface area contributed by atoms with Gasteiger partial charge in [0.1, 0.15) is 5.75 Å². The lowest BCUT2D eigenvalue weighted by molar-refractivity contribution is -0.131. The first-order valence-electron chi connectivity index (χ1n) is 9.05. The number of aryl methyl sites for hydroxylation is 2. The van der Waals surface area contributed by atoms with Crippen molar-refractivity contribution in [1.29, 1.82) is 0 Å². The summed E-state index contributed by atoms with van der Waals surface area (Å²) in [6.45, 7) is 10.6. The Morgan fingerprint density at radius 1 is 1.08 bits per heavy atom. The summed E-state index contributed by atoms with van der Waals surface area (Å²) in [5.41, 5.74) is 2.63. The van der Waals surface area contributed by atoms with E-state index in [0.717, 1.165) is 24.1 Å². The van der Waals surface area contributed by atoms with Crippen molar-refractivity contribution in [3.05, 3.63) is 28.8 Å². The molecule has 0 saturated carbocycles. The minimum Gasteiger partial charge on any atom is -0.496 e. The molecule has 0 N–H and O–H groups in total. The van der Waals surface area contributed by atoms with Gasteiger partial charge in [-0.25, -0.2) is 0 Å². The van der Waals surface area contributed by atoms with Crippen molar-refractivity contribution < 1.29 is 14.3 Å². The lowest BCUT2D eigenvalue weighted by Crippen LogP contribution is -2.37. The van der Waals surface area contributed by atoms with E-state index in [1.807, 2.05) is 35.8 Å². The zero-order valence-corrected chi connectivity index (χ0v) is 16.1. The second-order valence-electron chi connectivity index (χ2n) is 7.29. The molecule has 0 aromatic heterocycles. The quantitative estimate of drug-likeness (QED) is 0.842. The number of benzene rings is 1. The van der Waals surface area contributed by atoms with Crippen molar-refractivity contribution in [1.82, 2.24) is 9.80 Å². The number of ether oxygens (including phenoxy) is 1. The van der Waals surface area contributed by atoms with E-state index >= 15 is 0 Å². The van der Waals surface area contributed by atoms with Gasteiger partial charge in [-0.15, -0.1) is 0 Å². The molecule has 1 aliphatic rings. The zero-order valence-electron chi connectivity index (χ0n) is 16.1. The molecule has 2 amide bonds. The summed E-state index contributed by atoms with van der Waals surface area (Å²) in [4.78, 5) is 29.1.